The van der Waals surface area contributed by atoms with Crippen LogP contribution in [-0.2, 0) is 0 Å². The quantitative estimate of drug-likeness (QED) is 0.876. The van der Waals surface area contributed by atoms with Crippen molar-refractivity contribution in [3.8, 4) is 0 Å². The summed E-state index contributed by atoms with van der Waals surface area (Å²) >= 11 is 1.66. The molecule has 5 heteroatoms. The first kappa shape index (κ1) is 10.9. The van der Waals surface area contributed by atoms with E-state index in [2.05, 4.69) is 27.6 Å². The molecule has 0 atom stereocenters. The molecule has 2 heterocycles. The van der Waals surface area contributed by atoms with E-state index >= 15 is 0 Å². The largest absolute Gasteiger partial charge is 0.394 e. The lowest BCUT2D eigenvalue weighted by Gasteiger charge is -2.41. The number of aromatic nitrogens is 2. The number of thiophene rings is 1. The molecule has 0 aliphatic heterocycles. The molecular weight excluding hydrogens is 234 g/mol. The Morgan fingerprint density at radius 2 is 2.29 bits per heavy atom. The van der Waals surface area contributed by atoms with Gasteiger partial charge >= 0.3 is 0 Å². The number of fused-ring (bicyclic) bond motifs is 1. The van der Waals surface area contributed by atoms with Crippen LogP contribution in [0.4, 0.5) is 5.82 Å². The predicted molar refractivity (Wildman–Crippen MR) is 69.4 cm³/mol. The molecule has 1 aliphatic carbocycles. The number of hydrogen-bond donors (Lipinski definition) is 2. The highest BCUT2D eigenvalue weighted by Gasteiger charge is 2.37. The molecule has 90 valence electrons. The molecule has 1 saturated carbocycles. The van der Waals surface area contributed by atoms with Crippen LogP contribution in [0.25, 0.3) is 10.2 Å². The number of aliphatic hydroxyl groups is 1. The molecule has 0 unspecified atom stereocenters. The zero-order chi connectivity index (χ0) is 11.9. The maximum absolute atomic E-state index is 9.47. The molecule has 1 aliphatic rings. The second-order valence-electron chi connectivity index (χ2n) is 4.74. The molecule has 0 spiro atoms. The topological polar surface area (TPSA) is 58.0 Å². The minimum absolute atomic E-state index is 0.154. The average Bonchev–Trinajstić information content (AvgIpc) is 2.67. The third kappa shape index (κ3) is 1.70. The van der Waals surface area contributed by atoms with Gasteiger partial charge in [0.2, 0.25) is 0 Å². The van der Waals surface area contributed by atoms with Crippen molar-refractivity contribution in [2.75, 3.05) is 11.9 Å². The maximum atomic E-state index is 9.47. The summed E-state index contributed by atoms with van der Waals surface area (Å²) in [4.78, 5) is 8.61. The Morgan fingerprint density at radius 3 is 2.94 bits per heavy atom. The summed E-state index contributed by atoms with van der Waals surface area (Å²) in [7, 11) is 0. The van der Waals surface area contributed by atoms with Crippen LogP contribution in [-0.4, -0.2) is 27.2 Å². The lowest BCUT2D eigenvalue weighted by molar-refractivity contribution is 0.144. The molecule has 4 nitrogen and oxygen atoms in total. The molecule has 0 aromatic carbocycles. The van der Waals surface area contributed by atoms with E-state index in [4.69, 9.17) is 0 Å². The SMILES string of the molecule is Cc1csc2c(NC3(CO)CCC3)ncnc12. The molecule has 2 aromatic rings. The highest BCUT2D eigenvalue weighted by atomic mass is 32.1. The minimum atomic E-state index is -0.154. The highest BCUT2D eigenvalue weighted by molar-refractivity contribution is 7.18. The predicted octanol–water partition coefficient (Wildman–Crippen LogP) is 2.33. The summed E-state index contributed by atoms with van der Waals surface area (Å²) in [5.74, 6) is 0.863. The van der Waals surface area contributed by atoms with Crippen molar-refractivity contribution in [1.82, 2.24) is 9.97 Å². The fourth-order valence-electron chi connectivity index (χ4n) is 2.24. The normalized spacial score (nSPS) is 18.0. The van der Waals surface area contributed by atoms with Crippen molar-refractivity contribution >= 4 is 27.4 Å². The van der Waals surface area contributed by atoms with Crippen LogP contribution in [0.1, 0.15) is 24.8 Å². The Kier molecular flexibility index (Phi) is 2.52. The van der Waals surface area contributed by atoms with E-state index < -0.39 is 0 Å². The van der Waals surface area contributed by atoms with E-state index in [0.29, 0.717) is 0 Å². The van der Waals surface area contributed by atoms with Gasteiger partial charge in [-0.05, 0) is 37.1 Å². The van der Waals surface area contributed by atoms with Crippen molar-refractivity contribution < 1.29 is 5.11 Å². The Labute approximate surface area is 104 Å². The van der Waals surface area contributed by atoms with E-state index in [1.165, 1.54) is 12.0 Å². The summed E-state index contributed by atoms with van der Waals surface area (Å²) in [5, 5.41) is 15.0. The lowest BCUT2D eigenvalue weighted by Crippen LogP contribution is -2.48. The zero-order valence-corrected chi connectivity index (χ0v) is 10.5. The van der Waals surface area contributed by atoms with Gasteiger partial charge in [-0.15, -0.1) is 11.3 Å². The van der Waals surface area contributed by atoms with E-state index in [0.717, 1.165) is 28.9 Å². The first-order valence-corrected chi connectivity index (χ1v) is 6.70. The Hall–Kier alpha value is -1.20. The number of hydrogen-bond acceptors (Lipinski definition) is 5. The van der Waals surface area contributed by atoms with E-state index in [-0.39, 0.29) is 12.1 Å². The van der Waals surface area contributed by atoms with Crippen molar-refractivity contribution in [2.24, 2.45) is 0 Å². The third-order valence-corrected chi connectivity index (χ3v) is 4.62. The Bertz CT molecular complexity index is 542. The molecule has 0 radical (unpaired) electrons. The number of aliphatic hydroxyl groups excluding tert-OH is 1. The van der Waals surface area contributed by atoms with Gasteiger partial charge in [0, 0.05) is 0 Å². The molecule has 0 saturated heterocycles. The molecule has 17 heavy (non-hydrogen) atoms. The summed E-state index contributed by atoms with van der Waals surface area (Å²) < 4.78 is 1.09. The zero-order valence-electron chi connectivity index (χ0n) is 9.73. The van der Waals surface area contributed by atoms with Gasteiger partial charge < -0.3 is 10.4 Å². The Balaban J connectivity index is 2.00. The van der Waals surface area contributed by atoms with Crippen molar-refractivity contribution in [3.63, 3.8) is 0 Å². The summed E-state index contributed by atoms with van der Waals surface area (Å²) in [5.41, 5.74) is 2.04. The number of anilines is 1. The molecular formula is C12H15N3OS. The van der Waals surface area contributed by atoms with E-state index in [9.17, 15) is 5.11 Å². The van der Waals surface area contributed by atoms with Gasteiger partial charge in [0.15, 0.2) is 0 Å². The van der Waals surface area contributed by atoms with Crippen LogP contribution >= 0.6 is 11.3 Å². The summed E-state index contributed by atoms with van der Waals surface area (Å²) in [6, 6.07) is 0. The molecule has 0 amide bonds. The Morgan fingerprint density at radius 1 is 1.47 bits per heavy atom. The highest BCUT2D eigenvalue weighted by Crippen LogP contribution is 2.37. The van der Waals surface area contributed by atoms with Gasteiger partial charge in [0.1, 0.15) is 12.1 Å². The second-order valence-corrected chi connectivity index (χ2v) is 5.62. The minimum Gasteiger partial charge on any atom is -0.394 e. The summed E-state index contributed by atoms with van der Waals surface area (Å²) in [6.07, 6.45) is 4.79. The van der Waals surface area contributed by atoms with Crippen molar-refractivity contribution in [2.45, 2.75) is 31.7 Å². The fourth-order valence-corrected chi connectivity index (χ4v) is 3.18. The molecule has 2 aromatic heterocycles. The van der Waals surface area contributed by atoms with Crippen LogP contribution in [0.5, 0.6) is 0 Å². The van der Waals surface area contributed by atoms with Crippen LogP contribution in [0.3, 0.4) is 0 Å². The summed E-state index contributed by atoms with van der Waals surface area (Å²) in [6.45, 7) is 2.23. The smallest absolute Gasteiger partial charge is 0.147 e. The lowest BCUT2D eigenvalue weighted by atomic mass is 9.77. The van der Waals surface area contributed by atoms with E-state index in [1.807, 2.05) is 0 Å². The van der Waals surface area contributed by atoms with Gasteiger partial charge in [-0.3, -0.25) is 0 Å². The van der Waals surface area contributed by atoms with Crippen LogP contribution in [0, 0.1) is 6.92 Å². The van der Waals surface area contributed by atoms with Gasteiger partial charge in [0.25, 0.3) is 0 Å². The van der Waals surface area contributed by atoms with Gasteiger partial charge in [-0.2, -0.15) is 0 Å². The average molecular weight is 249 g/mol. The first-order valence-electron chi connectivity index (χ1n) is 5.82. The molecule has 3 rings (SSSR count). The van der Waals surface area contributed by atoms with Gasteiger partial charge in [-0.25, -0.2) is 9.97 Å². The van der Waals surface area contributed by atoms with E-state index in [1.54, 1.807) is 17.7 Å². The molecule has 0 bridgehead atoms. The maximum Gasteiger partial charge on any atom is 0.147 e. The second kappa shape index (κ2) is 3.92. The third-order valence-electron chi connectivity index (χ3n) is 3.53. The molecule has 1 fully saturated rings. The van der Waals surface area contributed by atoms with Crippen molar-refractivity contribution in [1.29, 1.82) is 0 Å². The van der Waals surface area contributed by atoms with Crippen LogP contribution in [0.2, 0.25) is 0 Å². The number of rotatable bonds is 3. The van der Waals surface area contributed by atoms with Gasteiger partial charge in [0.05, 0.1) is 22.4 Å². The fraction of sp³-hybridized carbons (Fsp3) is 0.500. The molecule has 2 N–H and O–H groups in total. The van der Waals surface area contributed by atoms with Crippen molar-refractivity contribution in [3.05, 3.63) is 17.3 Å². The number of nitrogens with one attached hydrogen (secondary N) is 1. The van der Waals surface area contributed by atoms with Crippen LogP contribution < -0.4 is 5.32 Å². The van der Waals surface area contributed by atoms with Gasteiger partial charge in [-0.1, -0.05) is 0 Å². The number of aryl methyl sites for hydroxylation is 1. The number of nitrogens with zero attached hydrogens (tertiary/aromatic N) is 2. The van der Waals surface area contributed by atoms with Crippen LogP contribution in [0.15, 0.2) is 11.7 Å². The standard InChI is InChI=1S/C12H15N3OS/c1-8-5-17-10-9(8)13-7-14-11(10)15-12(6-16)3-2-4-12/h5,7,16H,2-4,6H2,1H3,(H,13,14,15). The monoisotopic (exact) mass is 249 g/mol. The first-order chi connectivity index (χ1) is 8.24.